The molecule has 3 heterocycles. The molecule has 24 heavy (non-hydrogen) atoms. The van der Waals surface area contributed by atoms with Gasteiger partial charge in [0, 0.05) is 51.5 Å². The van der Waals surface area contributed by atoms with Crippen molar-refractivity contribution in [2.45, 2.75) is 12.8 Å². The second-order valence-electron chi connectivity index (χ2n) is 5.72. The Morgan fingerprint density at radius 1 is 1.12 bits per heavy atom. The molecule has 2 aliphatic heterocycles. The lowest BCUT2D eigenvalue weighted by Crippen LogP contribution is -2.49. The van der Waals surface area contributed by atoms with E-state index >= 15 is 0 Å². The lowest BCUT2D eigenvalue weighted by molar-refractivity contribution is -0.132. The number of urea groups is 1. The summed E-state index contributed by atoms with van der Waals surface area (Å²) in [4.78, 5) is 48.6. The molecule has 0 radical (unpaired) electrons. The van der Waals surface area contributed by atoms with Crippen molar-refractivity contribution in [1.29, 1.82) is 0 Å². The van der Waals surface area contributed by atoms with Crippen LogP contribution in [-0.2, 0) is 9.59 Å². The van der Waals surface area contributed by atoms with Gasteiger partial charge in [-0.05, 0) is 12.5 Å². The first kappa shape index (κ1) is 16.2. The Kier molecular flexibility index (Phi) is 4.88. The van der Waals surface area contributed by atoms with E-state index < -0.39 is 0 Å². The van der Waals surface area contributed by atoms with Crippen molar-refractivity contribution in [1.82, 2.24) is 25.1 Å². The highest BCUT2D eigenvalue weighted by molar-refractivity contribution is 6.01. The lowest BCUT2D eigenvalue weighted by Gasteiger charge is -2.34. The minimum atomic E-state index is -0.371. The van der Waals surface area contributed by atoms with E-state index in [-0.39, 0.29) is 30.9 Å². The number of aromatic nitrogens is 2. The van der Waals surface area contributed by atoms with Crippen LogP contribution in [0, 0.1) is 0 Å². The maximum atomic E-state index is 12.3. The minimum absolute atomic E-state index is 0.0516. The second kappa shape index (κ2) is 7.24. The lowest BCUT2D eigenvalue weighted by atomic mass is 10.2. The summed E-state index contributed by atoms with van der Waals surface area (Å²) in [5.41, 5.74) is 0. The summed E-state index contributed by atoms with van der Waals surface area (Å²) in [5, 5.41) is 2.47. The van der Waals surface area contributed by atoms with Crippen molar-refractivity contribution >= 4 is 23.8 Å². The Balaban J connectivity index is 1.41. The maximum Gasteiger partial charge on any atom is 0.324 e. The molecule has 2 saturated heterocycles. The summed E-state index contributed by atoms with van der Waals surface area (Å²) >= 11 is 0. The Labute approximate surface area is 139 Å². The summed E-state index contributed by atoms with van der Waals surface area (Å²) in [6, 6.07) is 1.40. The number of imide groups is 1. The van der Waals surface area contributed by atoms with E-state index in [9.17, 15) is 14.4 Å². The number of nitrogens with zero attached hydrogens (tertiary/aromatic N) is 5. The number of carbonyl (C=O) groups excluding carboxylic acids is 3. The van der Waals surface area contributed by atoms with E-state index in [2.05, 4.69) is 20.2 Å². The van der Waals surface area contributed by atoms with Crippen molar-refractivity contribution in [3.63, 3.8) is 0 Å². The first-order valence-electron chi connectivity index (χ1n) is 8.03. The molecule has 128 valence electrons. The van der Waals surface area contributed by atoms with Gasteiger partial charge in [0.15, 0.2) is 0 Å². The standard InChI is InChI=1S/C15H20N6O3/c22-12(3-1-6-21-13(23)11-18-15(21)24)19-7-9-20(10-8-19)14-16-4-2-5-17-14/h2,4-5H,1,3,6-11H2,(H,18,24). The van der Waals surface area contributed by atoms with Gasteiger partial charge in [-0.25, -0.2) is 14.8 Å². The van der Waals surface area contributed by atoms with Crippen molar-refractivity contribution in [2.75, 3.05) is 44.2 Å². The Morgan fingerprint density at radius 2 is 1.83 bits per heavy atom. The summed E-state index contributed by atoms with van der Waals surface area (Å²) in [7, 11) is 0. The minimum Gasteiger partial charge on any atom is -0.339 e. The molecule has 2 fully saturated rings. The number of hydrogen-bond acceptors (Lipinski definition) is 6. The van der Waals surface area contributed by atoms with Crippen LogP contribution in [0.5, 0.6) is 0 Å². The van der Waals surface area contributed by atoms with Crippen LogP contribution in [0.4, 0.5) is 10.7 Å². The summed E-state index contributed by atoms with van der Waals surface area (Å²) < 4.78 is 0. The molecular formula is C15H20N6O3. The number of hydrogen-bond donors (Lipinski definition) is 1. The van der Waals surface area contributed by atoms with Gasteiger partial charge in [0.25, 0.3) is 0 Å². The van der Waals surface area contributed by atoms with Gasteiger partial charge in [0.2, 0.25) is 17.8 Å². The SMILES string of the molecule is O=C(CCCN1C(=O)CNC1=O)N1CCN(c2ncccn2)CC1. The average molecular weight is 332 g/mol. The number of piperazine rings is 1. The van der Waals surface area contributed by atoms with Crippen LogP contribution in [0.2, 0.25) is 0 Å². The molecule has 0 aromatic carbocycles. The second-order valence-corrected chi connectivity index (χ2v) is 5.72. The van der Waals surface area contributed by atoms with Crippen LogP contribution >= 0.6 is 0 Å². The molecule has 1 N–H and O–H groups in total. The molecule has 4 amide bonds. The highest BCUT2D eigenvalue weighted by Crippen LogP contribution is 2.11. The van der Waals surface area contributed by atoms with Crippen LogP contribution in [0.1, 0.15) is 12.8 Å². The van der Waals surface area contributed by atoms with E-state index in [1.165, 1.54) is 0 Å². The topological polar surface area (TPSA) is 98.7 Å². The van der Waals surface area contributed by atoms with Gasteiger partial charge < -0.3 is 15.1 Å². The Morgan fingerprint density at radius 3 is 2.46 bits per heavy atom. The fraction of sp³-hybridized carbons (Fsp3) is 0.533. The number of rotatable bonds is 5. The van der Waals surface area contributed by atoms with Gasteiger partial charge in [-0.2, -0.15) is 0 Å². The zero-order valence-electron chi connectivity index (χ0n) is 13.3. The quantitative estimate of drug-likeness (QED) is 0.727. The zero-order chi connectivity index (χ0) is 16.9. The van der Waals surface area contributed by atoms with Gasteiger partial charge in [-0.1, -0.05) is 0 Å². The number of anilines is 1. The van der Waals surface area contributed by atoms with E-state index in [1.807, 2.05) is 4.90 Å². The summed E-state index contributed by atoms with van der Waals surface area (Å²) in [6.45, 7) is 2.98. The number of carbonyl (C=O) groups is 3. The molecule has 9 nitrogen and oxygen atoms in total. The first-order valence-corrected chi connectivity index (χ1v) is 8.03. The van der Waals surface area contributed by atoms with Gasteiger partial charge in [-0.15, -0.1) is 0 Å². The normalized spacial score (nSPS) is 18.1. The molecule has 3 rings (SSSR count). The molecule has 0 unspecified atom stereocenters. The predicted octanol–water partition coefficient (Wildman–Crippen LogP) is -0.543. The zero-order valence-corrected chi connectivity index (χ0v) is 13.3. The van der Waals surface area contributed by atoms with Crippen molar-refractivity contribution in [3.05, 3.63) is 18.5 Å². The van der Waals surface area contributed by atoms with Crippen molar-refractivity contribution in [2.24, 2.45) is 0 Å². The van der Waals surface area contributed by atoms with Gasteiger partial charge in [0.05, 0.1) is 6.54 Å². The van der Waals surface area contributed by atoms with Gasteiger partial charge >= 0.3 is 6.03 Å². The van der Waals surface area contributed by atoms with Gasteiger partial charge in [-0.3, -0.25) is 14.5 Å². The van der Waals surface area contributed by atoms with Crippen molar-refractivity contribution in [3.8, 4) is 0 Å². The van der Waals surface area contributed by atoms with Crippen LogP contribution < -0.4 is 10.2 Å². The van der Waals surface area contributed by atoms with E-state index in [1.54, 1.807) is 18.5 Å². The van der Waals surface area contributed by atoms with E-state index in [4.69, 9.17) is 0 Å². The maximum absolute atomic E-state index is 12.3. The molecule has 0 aliphatic carbocycles. The predicted molar refractivity (Wildman–Crippen MR) is 85.2 cm³/mol. The van der Waals surface area contributed by atoms with E-state index in [0.717, 1.165) is 4.90 Å². The van der Waals surface area contributed by atoms with Crippen LogP contribution in [0.3, 0.4) is 0 Å². The first-order chi connectivity index (χ1) is 11.6. The number of amides is 4. The fourth-order valence-electron chi connectivity index (χ4n) is 2.84. The van der Waals surface area contributed by atoms with Crippen LogP contribution in [0.25, 0.3) is 0 Å². The molecule has 0 saturated carbocycles. The fourth-order valence-corrected chi connectivity index (χ4v) is 2.84. The van der Waals surface area contributed by atoms with E-state index in [0.29, 0.717) is 45.0 Å². The third-order valence-corrected chi connectivity index (χ3v) is 4.18. The van der Waals surface area contributed by atoms with Crippen molar-refractivity contribution < 1.29 is 14.4 Å². The molecule has 9 heteroatoms. The molecule has 2 aliphatic rings. The highest BCUT2D eigenvalue weighted by Gasteiger charge is 2.28. The summed E-state index contributed by atoms with van der Waals surface area (Å²) in [5.74, 6) is 0.503. The molecule has 1 aromatic rings. The Hall–Kier alpha value is -2.71. The molecule has 0 atom stereocenters. The summed E-state index contributed by atoms with van der Waals surface area (Å²) in [6.07, 6.45) is 4.23. The molecule has 1 aromatic heterocycles. The monoisotopic (exact) mass is 332 g/mol. The highest BCUT2D eigenvalue weighted by atomic mass is 16.2. The third-order valence-electron chi connectivity index (χ3n) is 4.18. The molecule has 0 spiro atoms. The third kappa shape index (κ3) is 3.61. The number of nitrogens with one attached hydrogen (secondary N) is 1. The Bertz CT molecular complexity index is 599. The van der Waals surface area contributed by atoms with Crippen LogP contribution in [0.15, 0.2) is 18.5 Å². The molecule has 0 bridgehead atoms. The van der Waals surface area contributed by atoms with Crippen LogP contribution in [-0.4, -0.2) is 76.9 Å². The smallest absolute Gasteiger partial charge is 0.324 e. The van der Waals surface area contributed by atoms with Gasteiger partial charge in [0.1, 0.15) is 0 Å². The largest absolute Gasteiger partial charge is 0.339 e. The average Bonchev–Trinajstić information content (AvgIpc) is 2.94. The molecular weight excluding hydrogens is 312 g/mol.